The first-order valence-electron chi connectivity index (χ1n) is 7.36. The van der Waals surface area contributed by atoms with Gasteiger partial charge in [-0.1, -0.05) is 32.3 Å². The molecule has 1 atom stereocenters. The van der Waals surface area contributed by atoms with E-state index >= 15 is 0 Å². The van der Waals surface area contributed by atoms with Crippen molar-refractivity contribution in [2.45, 2.75) is 57.0 Å². The highest BCUT2D eigenvalue weighted by Crippen LogP contribution is 2.17. The Kier molecular flexibility index (Phi) is 7.28. The molecule has 1 aromatic carbocycles. The molecule has 0 aliphatic carbocycles. The lowest BCUT2D eigenvalue weighted by atomic mass is 10.1. The lowest BCUT2D eigenvalue weighted by Gasteiger charge is -2.15. The number of rotatable bonds is 9. The van der Waals surface area contributed by atoms with Crippen LogP contribution in [0, 0.1) is 5.82 Å². The molecule has 2 N–H and O–H groups in total. The third kappa shape index (κ3) is 5.73. The predicted molar refractivity (Wildman–Crippen MR) is 83.1 cm³/mol. The van der Waals surface area contributed by atoms with Crippen molar-refractivity contribution in [2.24, 2.45) is 0 Å². The number of unbranched alkanes of at least 4 members (excludes halogenated alkanes) is 2. The van der Waals surface area contributed by atoms with E-state index in [9.17, 15) is 12.8 Å². The van der Waals surface area contributed by atoms with Gasteiger partial charge in [0.05, 0.1) is 0 Å². The van der Waals surface area contributed by atoms with E-state index in [-0.39, 0.29) is 10.9 Å². The normalized spacial score (nSPS) is 13.3. The van der Waals surface area contributed by atoms with Gasteiger partial charge in [-0.25, -0.2) is 17.5 Å². The average molecular weight is 316 g/mol. The minimum Gasteiger partial charge on any atom is -0.316 e. The number of sulfonamides is 1. The van der Waals surface area contributed by atoms with E-state index in [0.717, 1.165) is 25.7 Å². The fraction of sp³-hybridized carbons (Fsp3) is 0.600. The van der Waals surface area contributed by atoms with Crippen LogP contribution in [0.4, 0.5) is 4.39 Å². The molecule has 0 spiro atoms. The molecule has 21 heavy (non-hydrogen) atoms. The van der Waals surface area contributed by atoms with Gasteiger partial charge in [0.15, 0.2) is 0 Å². The van der Waals surface area contributed by atoms with Gasteiger partial charge in [0.1, 0.15) is 10.7 Å². The minimum atomic E-state index is -3.80. The Hall–Kier alpha value is -0.980. The van der Waals surface area contributed by atoms with Crippen LogP contribution in [0.5, 0.6) is 0 Å². The van der Waals surface area contributed by atoms with Crippen molar-refractivity contribution in [1.29, 1.82) is 0 Å². The Morgan fingerprint density at radius 3 is 2.57 bits per heavy atom. The van der Waals surface area contributed by atoms with Crippen LogP contribution < -0.4 is 10.0 Å². The van der Waals surface area contributed by atoms with Gasteiger partial charge in [-0.3, -0.25) is 0 Å². The Morgan fingerprint density at radius 2 is 2.00 bits per heavy atom. The first kappa shape index (κ1) is 18.1. The maximum Gasteiger partial charge on any atom is 0.243 e. The molecule has 0 aromatic heterocycles. The monoisotopic (exact) mass is 316 g/mol. The lowest BCUT2D eigenvalue weighted by molar-refractivity contribution is 0.518. The van der Waals surface area contributed by atoms with Crippen LogP contribution in [0.15, 0.2) is 23.1 Å². The summed E-state index contributed by atoms with van der Waals surface area (Å²) in [4.78, 5) is -0.287. The van der Waals surface area contributed by atoms with E-state index in [4.69, 9.17) is 0 Å². The first-order chi connectivity index (χ1) is 9.90. The molecule has 0 saturated carbocycles. The molecule has 0 saturated heterocycles. The molecule has 6 heteroatoms. The number of benzene rings is 1. The largest absolute Gasteiger partial charge is 0.316 e. The maximum atomic E-state index is 14.0. The van der Waals surface area contributed by atoms with Crippen LogP contribution in [0.3, 0.4) is 0 Å². The zero-order chi connectivity index (χ0) is 15.9. The van der Waals surface area contributed by atoms with Gasteiger partial charge in [0, 0.05) is 12.6 Å². The van der Waals surface area contributed by atoms with Crippen molar-refractivity contribution >= 4 is 10.0 Å². The van der Waals surface area contributed by atoms with Crippen LogP contribution in [0.25, 0.3) is 0 Å². The summed E-state index contributed by atoms with van der Waals surface area (Å²) in [6.07, 6.45) is 3.87. The van der Waals surface area contributed by atoms with Crippen LogP contribution >= 0.6 is 0 Å². The zero-order valence-electron chi connectivity index (χ0n) is 12.9. The van der Waals surface area contributed by atoms with E-state index < -0.39 is 15.8 Å². The summed E-state index contributed by atoms with van der Waals surface area (Å²) in [5.41, 5.74) is 0.713. The highest BCUT2D eigenvalue weighted by Gasteiger charge is 2.21. The zero-order valence-corrected chi connectivity index (χ0v) is 13.8. The van der Waals surface area contributed by atoms with Crippen LogP contribution in [-0.4, -0.2) is 21.5 Å². The van der Waals surface area contributed by atoms with Gasteiger partial charge in [-0.15, -0.1) is 0 Å². The predicted octanol–water partition coefficient (Wildman–Crippen LogP) is 2.79. The van der Waals surface area contributed by atoms with Gasteiger partial charge in [0.25, 0.3) is 0 Å². The summed E-state index contributed by atoms with van der Waals surface area (Å²) in [6, 6.07) is 4.00. The summed E-state index contributed by atoms with van der Waals surface area (Å²) in [5, 5.41) is 2.90. The molecule has 4 nitrogen and oxygen atoms in total. The second kappa shape index (κ2) is 8.46. The van der Waals surface area contributed by atoms with Crippen molar-refractivity contribution in [3.05, 3.63) is 29.6 Å². The van der Waals surface area contributed by atoms with Gasteiger partial charge < -0.3 is 5.32 Å². The van der Waals surface area contributed by atoms with E-state index in [1.807, 2.05) is 0 Å². The molecule has 0 aliphatic rings. The van der Waals surface area contributed by atoms with E-state index in [0.29, 0.717) is 12.1 Å². The van der Waals surface area contributed by atoms with Gasteiger partial charge >= 0.3 is 0 Å². The topological polar surface area (TPSA) is 58.2 Å². The van der Waals surface area contributed by atoms with Gasteiger partial charge in [-0.05, 0) is 38.1 Å². The third-order valence-corrected chi connectivity index (χ3v) is 4.89. The Bertz CT molecular complexity index is 547. The number of hydrogen-bond acceptors (Lipinski definition) is 3. The highest BCUT2D eigenvalue weighted by molar-refractivity contribution is 7.89. The fourth-order valence-corrected chi connectivity index (χ4v) is 3.50. The second-order valence-electron chi connectivity index (χ2n) is 5.31. The first-order valence-corrected chi connectivity index (χ1v) is 8.84. The second-order valence-corrected chi connectivity index (χ2v) is 7.00. The lowest BCUT2D eigenvalue weighted by Crippen LogP contribution is -2.33. The van der Waals surface area contributed by atoms with Crippen LogP contribution in [0.1, 0.15) is 45.1 Å². The molecule has 0 fully saturated rings. The van der Waals surface area contributed by atoms with E-state index in [1.54, 1.807) is 20.0 Å². The quantitative estimate of drug-likeness (QED) is 0.689. The molecule has 1 rings (SSSR count). The van der Waals surface area contributed by atoms with Crippen molar-refractivity contribution in [3.8, 4) is 0 Å². The summed E-state index contributed by atoms with van der Waals surface area (Å²) in [6.45, 7) is 4.40. The number of halogens is 1. The SMILES string of the molecule is CCCCCC(C)NS(=O)(=O)c1ccc(CNC)cc1F. The maximum absolute atomic E-state index is 14.0. The summed E-state index contributed by atoms with van der Waals surface area (Å²) in [7, 11) is -2.05. The summed E-state index contributed by atoms with van der Waals surface area (Å²) >= 11 is 0. The molecule has 0 aliphatic heterocycles. The molecular formula is C15H25FN2O2S. The van der Waals surface area contributed by atoms with E-state index in [2.05, 4.69) is 17.0 Å². The van der Waals surface area contributed by atoms with Gasteiger partial charge in [-0.2, -0.15) is 0 Å². The third-order valence-electron chi connectivity index (χ3n) is 3.26. The molecule has 120 valence electrons. The van der Waals surface area contributed by atoms with Crippen molar-refractivity contribution in [2.75, 3.05) is 7.05 Å². The van der Waals surface area contributed by atoms with Gasteiger partial charge in [0.2, 0.25) is 10.0 Å². The summed E-state index contributed by atoms with van der Waals surface area (Å²) < 4.78 is 40.9. The molecule has 1 unspecified atom stereocenters. The fourth-order valence-electron chi connectivity index (χ4n) is 2.16. The molecule has 0 amide bonds. The minimum absolute atomic E-state index is 0.196. The van der Waals surface area contributed by atoms with Crippen molar-refractivity contribution in [3.63, 3.8) is 0 Å². The Balaban J connectivity index is 2.78. The molecule has 0 radical (unpaired) electrons. The van der Waals surface area contributed by atoms with Crippen LogP contribution in [0.2, 0.25) is 0 Å². The van der Waals surface area contributed by atoms with Crippen molar-refractivity contribution in [1.82, 2.24) is 10.0 Å². The molecular weight excluding hydrogens is 291 g/mol. The van der Waals surface area contributed by atoms with E-state index in [1.165, 1.54) is 12.1 Å². The smallest absolute Gasteiger partial charge is 0.243 e. The summed E-state index contributed by atoms with van der Waals surface area (Å²) in [5.74, 6) is -0.712. The average Bonchev–Trinajstić information content (AvgIpc) is 2.38. The Morgan fingerprint density at radius 1 is 1.29 bits per heavy atom. The number of hydrogen-bond donors (Lipinski definition) is 2. The molecule has 0 heterocycles. The molecule has 0 bridgehead atoms. The highest BCUT2D eigenvalue weighted by atomic mass is 32.2. The van der Waals surface area contributed by atoms with Crippen molar-refractivity contribution < 1.29 is 12.8 Å². The van der Waals surface area contributed by atoms with Crippen LogP contribution in [-0.2, 0) is 16.6 Å². The standard InChI is InChI=1S/C15H25FN2O2S/c1-4-5-6-7-12(2)18-21(19,20)15-9-8-13(11-17-3)10-14(15)16/h8-10,12,17-18H,4-7,11H2,1-3H3. The number of nitrogens with one attached hydrogen (secondary N) is 2. The molecule has 1 aromatic rings. The Labute approximate surface area is 127 Å².